The second kappa shape index (κ2) is 6.65. The zero-order valence-electron chi connectivity index (χ0n) is 13.7. The van der Waals surface area contributed by atoms with Crippen LogP contribution in [0.5, 0.6) is 0 Å². The van der Waals surface area contributed by atoms with E-state index in [0.717, 1.165) is 16.7 Å². The van der Waals surface area contributed by atoms with Gasteiger partial charge >= 0.3 is 0 Å². The lowest BCUT2D eigenvalue weighted by Gasteiger charge is -2.09. The van der Waals surface area contributed by atoms with E-state index in [9.17, 15) is 4.79 Å². The van der Waals surface area contributed by atoms with Crippen molar-refractivity contribution in [1.82, 2.24) is 19.4 Å². The van der Waals surface area contributed by atoms with Gasteiger partial charge in [-0.15, -0.1) is 0 Å². The molecular weight excluding hydrogens is 312 g/mol. The van der Waals surface area contributed by atoms with Crippen molar-refractivity contribution >= 4 is 16.9 Å². The van der Waals surface area contributed by atoms with Gasteiger partial charge in [-0.3, -0.25) is 4.79 Å². The number of nitrogens with zero attached hydrogens (tertiary/aromatic N) is 3. The number of carbonyl (C=O) groups excluding carboxylic acids is 1. The topological polar surface area (TPSA) is 51.9 Å². The highest BCUT2D eigenvalue weighted by molar-refractivity contribution is 5.94. The van der Waals surface area contributed by atoms with E-state index in [0.29, 0.717) is 18.7 Å². The van der Waals surface area contributed by atoms with E-state index in [-0.39, 0.29) is 5.91 Å². The Kier molecular flexibility index (Phi) is 4.04. The average Bonchev–Trinajstić information content (AvgIpc) is 3.32. The molecular formula is C20H18N4O. The molecule has 124 valence electrons. The molecule has 0 aliphatic carbocycles. The number of nitrogens with one attached hydrogen (secondary N) is 1. The molecule has 4 rings (SSSR count). The summed E-state index contributed by atoms with van der Waals surface area (Å²) in [6, 6.07) is 19.5. The minimum absolute atomic E-state index is 0.0709. The second-order valence-electron chi connectivity index (χ2n) is 5.82. The van der Waals surface area contributed by atoms with Gasteiger partial charge < -0.3 is 14.5 Å². The maximum Gasteiger partial charge on any atom is 0.251 e. The minimum Gasteiger partial charge on any atom is -0.350 e. The third-order valence-corrected chi connectivity index (χ3v) is 4.18. The first-order valence-corrected chi connectivity index (χ1v) is 8.23. The number of imidazole rings is 1. The molecule has 0 saturated carbocycles. The van der Waals surface area contributed by atoms with Gasteiger partial charge in [-0.1, -0.05) is 18.2 Å². The quantitative estimate of drug-likeness (QED) is 0.611. The van der Waals surface area contributed by atoms with Crippen LogP contribution in [0, 0.1) is 0 Å². The first-order valence-electron chi connectivity index (χ1n) is 8.23. The number of amides is 1. The average molecular weight is 330 g/mol. The molecule has 0 spiro atoms. The van der Waals surface area contributed by atoms with Gasteiger partial charge in [-0.25, -0.2) is 4.98 Å². The van der Waals surface area contributed by atoms with E-state index >= 15 is 0 Å². The Labute approximate surface area is 145 Å². The summed E-state index contributed by atoms with van der Waals surface area (Å²) < 4.78 is 4.03. The van der Waals surface area contributed by atoms with E-state index < -0.39 is 0 Å². The maximum absolute atomic E-state index is 12.4. The van der Waals surface area contributed by atoms with E-state index in [4.69, 9.17) is 0 Å². The summed E-state index contributed by atoms with van der Waals surface area (Å²) in [5.41, 5.74) is 3.67. The zero-order chi connectivity index (χ0) is 17.1. The number of carbonyl (C=O) groups is 1. The number of para-hydroxylation sites is 2. The highest BCUT2D eigenvalue weighted by atomic mass is 16.1. The van der Waals surface area contributed by atoms with Crippen LogP contribution in [0.15, 0.2) is 79.4 Å². The van der Waals surface area contributed by atoms with Crippen LogP contribution < -0.4 is 5.32 Å². The molecule has 25 heavy (non-hydrogen) atoms. The smallest absolute Gasteiger partial charge is 0.251 e. The Balaban J connectivity index is 1.42. The molecule has 2 aromatic carbocycles. The van der Waals surface area contributed by atoms with E-state index in [1.165, 1.54) is 0 Å². The lowest BCUT2D eigenvalue weighted by atomic mass is 10.2. The molecule has 0 unspecified atom stereocenters. The highest BCUT2D eigenvalue weighted by Gasteiger charge is 2.07. The van der Waals surface area contributed by atoms with Gasteiger partial charge in [-0.05, 0) is 42.5 Å². The van der Waals surface area contributed by atoms with Gasteiger partial charge in [0.15, 0.2) is 0 Å². The summed E-state index contributed by atoms with van der Waals surface area (Å²) in [6.45, 7) is 1.23. The minimum atomic E-state index is -0.0709. The Bertz CT molecular complexity index is 1000. The second-order valence-corrected chi connectivity index (χ2v) is 5.82. The van der Waals surface area contributed by atoms with Crippen molar-refractivity contribution in [3.05, 3.63) is 84.9 Å². The standard InChI is InChI=1S/C20H18N4O/c25-20(16-6-5-7-17(14-16)23-11-3-4-12-23)21-10-13-24-15-22-18-8-1-2-9-19(18)24/h1-9,11-12,14-15H,10,13H2,(H,21,25). The predicted molar refractivity (Wildman–Crippen MR) is 97.8 cm³/mol. The first kappa shape index (κ1) is 15.2. The van der Waals surface area contributed by atoms with Gasteiger partial charge in [0, 0.05) is 36.7 Å². The normalized spacial score (nSPS) is 10.9. The molecule has 0 radical (unpaired) electrons. The molecule has 5 nitrogen and oxygen atoms in total. The zero-order valence-corrected chi connectivity index (χ0v) is 13.7. The van der Waals surface area contributed by atoms with Gasteiger partial charge in [0.05, 0.1) is 17.4 Å². The van der Waals surface area contributed by atoms with Crippen LogP contribution in [0.3, 0.4) is 0 Å². The Morgan fingerprint density at radius 3 is 2.72 bits per heavy atom. The molecule has 5 heteroatoms. The monoisotopic (exact) mass is 330 g/mol. The number of hydrogen-bond donors (Lipinski definition) is 1. The van der Waals surface area contributed by atoms with E-state index in [1.54, 1.807) is 0 Å². The molecule has 0 bridgehead atoms. The molecule has 0 aliphatic rings. The van der Waals surface area contributed by atoms with Crippen molar-refractivity contribution in [3.63, 3.8) is 0 Å². The van der Waals surface area contributed by atoms with Crippen molar-refractivity contribution in [2.75, 3.05) is 6.54 Å². The summed E-state index contributed by atoms with van der Waals surface area (Å²) >= 11 is 0. The van der Waals surface area contributed by atoms with E-state index in [2.05, 4.69) is 10.3 Å². The van der Waals surface area contributed by atoms with Crippen LogP contribution in [0.25, 0.3) is 16.7 Å². The largest absolute Gasteiger partial charge is 0.350 e. The fraction of sp³-hybridized carbons (Fsp3) is 0.100. The molecule has 4 aromatic rings. The maximum atomic E-state index is 12.4. The lowest BCUT2D eigenvalue weighted by molar-refractivity contribution is 0.0952. The van der Waals surface area contributed by atoms with Crippen LogP contribution in [0.1, 0.15) is 10.4 Å². The van der Waals surface area contributed by atoms with Gasteiger partial charge in [-0.2, -0.15) is 0 Å². The molecule has 2 aromatic heterocycles. The van der Waals surface area contributed by atoms with Crippen molar-refractivity contribution < 1.29 is 4.79 Å². The molecule has 0 saturated heterocycles. The van der Waals surface area contributed by atoms with Gasteiger partial charge in [0.2, 0.25) is 0 Å². The number of aromatic nitrogens is 3. The predicted octanol–water partition coefficient (Wildman–Crippen LogP) is 3.26. The van der Waals surface area contributed by atoms with Crippen LogP contribution in [0.2, 0.25) is 0 Å². The summed E-state index contributed by atoms with van der Waals surface area (Å²) in [7, 11) is 0. The molecule has 0 fully saturated rings. The summed E-state index contributed by atoms with van der Waals surface area (Å²) in [5, 5.41) is 2.98. The number of benzene rings is 2. The molecule has 1 amide bonds. The summed E-state index contributed by atoms with van der Waals surface area (Å²) in [4.78, 5) is 16.8. The summed E-state index contributed by atoms with van der Waals surface area (Å²) in [5.74, 6) is -0.0709. The van der Waals surface area contributed by atoms with Crippen LogP contribution >= 0.6 is 0 Å². The fourth-order valence-corrected chi connectivity index (χ4v) is 2.89. The van der Waals surface area contributed by atoms with Crippen LogP contribution in [-0.4, -0.2) is 26.6 Å². The molecule has 0 atom stereocenters. The molecule has 2 heterocycles. The van der Waals surface area contributed by atoms with Crippen molar-refractivity contribution in [3.8, 4) is 5.69 Å². The van der Waals surface area contributed by atoms with Crippen molar-refractivity contribution in [1.29, 1.82) is 0 Å². The van der Waals surface area contributed by atoms with Crippen LogP contribution in [-0.2, 0) is 6.54 Å². The lowest BCUT2D eigenvalue weighted by Crippen LogP contribution is -2.27. The number of rotatable bonds is 5. The van der Waals surface area contributed by atoms with Gasteiger partial charge in [0.1, 0.15) is 0 Å². The first-order chi connectivity index (χ1) is 12.3. The number of fused-ring (bicyclic) bond motifs is 1. The van der Waals surface area contributed by atoms with Crippen LogP contribution in [0.4, 0.5) is 0 Å². The fourth-order valence-electron chi connectivity index (χ4n) is 2.89. The highest BCUT2D eigenvalue weighted by Crippen LogP contribution is 2.12. The Morgan fingerprint density at radius 1 is 1.00 bits per heavy atom. The SMILES string of the molecule is O=C(NCCn1cnc2ccccc21)c1cccc(-n2cccc2)c1. The molecule has 1 N–H and O–H groups in total. The van der Waals surface area contributed by atoms with Crippen molar-refractivity contribution in [2.24, 2.45) is 0 Å². The third kappa shape index (κ3) is 3.17. The van der Waals surface area contributed by atoms with E-state index in [1.807, 2.05) is 88.5 Å². The Morgan fingerprint density at radius 2 is 1.84 bits per heavy atom. The van der Waals surface area contributed by atoms with Gasteiger partial charge in [0.25, 0.3) is 5.91 Å². The number of hydrogen-bond acceptors (Lipinski definition) is 2. The third-order valence-electron chi connectivity index (χ3n) is 4.18. The van der Waals surface area contributed by atoms with Crippen molar-refractivity contribution in [2.45, 2.75) is 6.54 Å². The molecule has 0 aliphatic heterocycles. The summed E-state index contributed by atoms with van der Waals surface area (Å²) in [6.07, 6.45) is 5.73. The Hall–Kier alpha value is -3.34.